The van der Waals surface area contributed by atoms with Gasteiger partial charge in [0.15, 0.2) is 17.6 Å². The van der Waals surface area contributed by atoms with Crippen LogP contribution in [0.5, 0.6) is 0 Å². The van der Waals surface area contributed by atoms with Crippen molar-refractivity contribution in [2.45, 2.75) is 32.9 Å². The number of guanidine groups is 1. The van der Waals surface area contributed by atoms with Gasteiger partial charge in [0.25, 0.3) is 0 Å². The summed E-state index contributed by atoms with van der Waals surface area (Å²) >= 11 is 0. The van der Waals surface area contributed by atoms with Crippen LogP contribution in [0.1, 0.15) is 18.9 Å². The van der Waals surface area contributed by atoms with Crippen molar-refractivity contribution in [1.82, 2.24) is 25.4 Å². The molecular weight excluding hydrogens is 460 g/mol. The number of anilines is 1. The van der Waals surface area contributed by atoms with Crippen molar-refractivity contribution < 1.29 is 4.39 Å². The van der Waals surface area contributed by atoms with Crippen LogP contribution in [0.3, 0.4) is 0 Å². The van der Waals surface area contributed by atoms with Gasteiger partial charge in [-0.2, -0.15) is 5.10 Å². The van der Waals surface area contributed by atoms with Crippen LogP contribution >= 0.6 is 24.0 Å². The van der Waals surface area contributed by atoms with Gasteiger partial charge in [0, 0.05) is 38.1 Å². The van der Waals surface area contributed by atoms with Crippen molar-refractivity contribution in [3.05, 3.63) is 42.1 Å². The van der Waals surface area contributed by atoms with Crippen LogP contribution in [-0.4, -0.2) is 52.9 Å². The molecule has 3 rings (SSSR count). The SMILES string of the molecule is CCNC(=NCCn1cc(C)cn1)NC1CCN(c2ncccc2F)C1.I. The van der Waals surface area contributed by atoms with Crippen molar-refractivity contribution in [1.29, 1.82) is 0 Å². The van der Waals surface area contributed by atoms with Gasteiger partial charge in [0.2, 0.25) is 0 Å². The lowest BCUT2D eigenvalue weighted by Gasteiger charge is -2.19. The number of aromatic nitrogens is 3. The fourth-order valence-electron chi connectivity index (χ4n) is 3.05. The third kappa shape index (κ3) is 6.05. The van der Waals surface area contributed by atoms with Gasteiger partial charge in [-0.15, -0.1) is 24.0 Å². The largest absolute Gasteiger partial charge is 0.357 e. The minimum Gasteiger partial charge on any atom is -0.357 e. The zero-order valence-electron chi connectivity index (χ0n) is 15.7. The van der Waals surface area contributed by atoms with Gasteiger partial charge >= 0.3 is 0 Å². The summed E-state index contributed by atoms with van der Waals surface area (Å²) < 4.78 is 15.8. The van der Waals surface area contributed by atoms with Crippen molar-refractivity contribution in [2.75, 3.05) is 31.1 Å². The lowest BCUT2D eigenvalue weighted by atomic mass is 10.3. The summed E-state index contributed by atoms with van der Waals surface area (Å²) in [6, 6.07) is 3.27. The van der Waals surface area contributed by atoms with Crippen LogP contribution in [0.2, 0.25) is 0 Å². The molecule has 1 aliphatic heterocycles. The van der Waals surface area contributed by atoms with E-state index in [0.717, 1.165) is 37.6 Å². The lowest BCUT2D eigenvalue weighted by molar-refractivity contribution is 0.608. The average molecular weight is 487 g/mol. The summed E-state index contributed by atoms with van der Waals surface area (Å²) in [6.45, 7) is 7.71. The molecule has 1 aliphatic rings. The number of hydrogen-bond donors (Lipinski definition) is 2. The number of nitrogens with zero attached hydrogens (tertiary/aromatic N) is 5. The Morgan fingerprint density at radius 2 is 2.30 bits per heavy atom. The molecule has 7 nitrogen and oxygen atoms in total. The summed E-state index contributed by atoms with van der Waals surface area (Å²) in [5, 5.41) is 11.0. The minimum absolute atomic E-state index is 0. The highest BCUT2D eigenvalue weighted by molar-refractivity contribution is 14.0. The molecule has 0 spiro atoms. The molecule has 1 unspecified atom stereocenters. The van der Waals surface area contributed by atoms with Crippen LogP contribution in [0.15, 0.2) is 35.7 Å². The number of rotatable bonds is 6. The molecule has 3 heterocycles. The third-order valence-corrected chi connectivity index (χ3v) is 4.27. The number of aryl methyl sites for hydroxylation is 1. The van der Waals surface area contributed by atoms with E-state index >= 15 is 0 Å². The first kappa shape index (κ1) is 21.4. The molecule has 2 N–H and O–H groups in total. The van der Waals surface area contributed by atoms with E-state index in [1.54, 1.807) is 12.3 Å². The summed E-state index contributed by atoms with van der Waals surface area (Å²) in [6.07, 6.45) is 6.39. The van der Waals surface area contributed by atoms with Crippen molar-refractivity contribution >= 4 is 35.8 Å². The fraction of sp³-hybridized carbons (Fsp3) is 0.500. The molecule has 0 saturated carbocycles. The predicted molar refractivity (Wildman–Crippen MR) is 116 cm³/mol. The predicted octanol–water partition coefficient (Wildman–Crippen LogP) is 2.18. The van der Waals surface area contributed by atoms with Gasteiger partial charge in [0.05, 0.1) is 19.3 Å². The maximum atomic E-state index is 13.9. The lowest BCUT2D eigenvalue weighted by Crippen LogP contribution is -2.44. The van der Waals surface area contributed by atoms with Gasteiger partial charge in [-0.05, 0) is 38.0 Å². The number of halogens is 2. The summed E-state index contributed by atoms with van der Waals surface area (Å²) in [5.41, 5.74) is 1.15. The van der Waals surface area contributed by atoms with Gasteiger partial charge in [-0.25, -0.2) is 9.37 Å². The number of aliphatic imine (C=N–C) groups is 1. The van der Waals surface area contributed by atoms with E-state index in [9.17, 15) is 4.39 Å². The van der Waals surface area contributed by atoms with E-state index in [2.05, 4.69) is 25.7 Å². The molecule has 0 aliphatic carbocycles. The first-order chi connectivity index (χ1) is 12.7. The first-order valence-corrected chi connectivity index (χ1v) is 9.05. The highest BCUT2D eigenvalue weighted by atomic mass is 127. The van der Waals surface area contributed by atoms with E-state index in [4.69, 9.17) is 0 Å². The molecule has 1 saturated heterocycles. The average Bonchev–Trinajstić information content (AvgIpc) is 3.25. The van der Waals surface area contributed by atoms with Crippen molar-refractivity contribution in [3.63, 3.8) is 0 Å². The molecule has 0 bridgehead atoms. The van der Waals surface area contributed by atoms with Gasteiger partial charge in [0.1, 0.15) is 0 Å². The van der Waals surface area contributed by atoms with Crippen molar-refractivity contribution in [3.8, 4) is 0 Å². The van der Waals surface area contributed by atoms with E-state index in [0.29, 0.717) is 18.9 Å². The highest BCUT2D eigenvalue weighted by Crippen LogP contribution is 2.20. The van der Waals surface area contributed by atoms with E-state index in [1.807, 2.05) is 35.8 Å². The smallest absolute Gasteiger partial charge is 0.191 e. The van der Waals surface area contributed by atoms with Crippen LogP contribution < -0.4 is 15.5 Å². The third-order valence-electron chi connectivity index (χ3n) is 4.27. The van der Waals surface area contributed by atoms with Gasteiger partial charge in [-0.3, -0.25) is 9.67 Å². The molecule has 148 valence electrons. The van der Waals surface area contributed by atoms with Gasteiger partial charge < -0.3 is 15.5 Å². The quantitative estimate of drug-likeness (QED) is 0.372. The Hall–Kier alpha value is -1.91. The Balaban J connectivity index is 0.00000261. The summed E-state index contributed by atoms with van der Waals surface area (Å²) in [4.78, 5) is 10.8. The number of hydrogen-bond acceptors (Lipinski definition) is 4. The second-order valence-electron chi connectivity index (χ2n) is 6.43. The molecule has 0 amide bonds. The molecule has 2 aromatic heterocycles. The minimum atomic E-state index is -0.275. The van der Waals surface area contributed by atoms with E-state index in [-0.39, 0.29) is 35.8 Å². The molecule has 27 heavy (non-hydrogen) atoms. The van der Waals surface area contributed by atoms with Gasteiger partial charge in [-0.1, -0.05) is 0 Å². The molecule has 0 aromatic carbocycles. The Bertz CT molecular complexity index is 749. The number of pyridine rings is 1. The summed E-state index contributed by atoms with van der Waals surface area (Å²) in [7, 11) is 0. The maximum absolute atomic E-state index is 13.9. The van der Waals surface area contributed by atoms with Crippen LogP contribution in [0.4, 0.5) is 10.2 Å². The molecule has 0 radical (unpaired) electrons. The highest BCUT2D eigenvalue weighted by Gasteiger charge is 2.25. The maximum Gasteiger partial charge on any atom is 0.191 e. The van der Waals surface area contributed by atoms with Crippen molar-refractivity contribution in [2.24, 2.45) is 4.99 Å². The van der Waals surface area contributed by atoms with E-state index < -0.39 is 0 Å². The van der Waals surface area contributed by atoms with Crippen LogP contribution in [0, 0.1) is 12.7 Å². The Morgan fingerprint density at radius 3 is 3.00 bits per heavy atom. The fourth-order valence-corrected chi connectivity index (χ4v) is 3.05. The Morgan fingerprint density at radius 1 is 1.44 bits per heavy atom. The van der Waals surface area contributed by atoms with Crippen LogP contribution in [0.25, 0.3) is 0 Å². The molecule has 1 atom stereocenters. The summed E-state index contributed by atoms with van der Waals surface area (Å²) in [5.74, 6) is 0.931. The normalized spacial score (nSPS) is 16.9. The molecular formula is C18H27FIN7. The second kappa shape index (κ2) is 10.4. The van der Waals surface area contributed by atoms with Crippen LogP contribution in [-0.2, 0) is 6.54 Å². The zero-order chi connectivity index (χ0) is 18.4. The topological polar surface area (TPSA) is 70.4 Å². The standard InChI is InChI=1S/C18H26FN7.HI/c1-3-20-18(22-8-10-26-12-14(2)11-23-26)24-15-6-9-25(13-15)17-16(19)5-4-7-21-17;/h4-5,7,11-12,15H,3,6,8-10,13H2,1-2H3,(H2,20,22,24);1H. The second-order valence-corrected chi connectivity index (χ2v) is 6.43. The Labute approximate surface area is 176 Å². The Kier molecular flexibility index (Phi) is 8.26. The van der Waals surface area contributed by atoms with E-state index in [1.165, 1.54) is 6.07 Å². The molecule has 1 fully saturated rings. The monoisotopic (exact) mass is 487 g/mol. The first-order valence-electron chi connectivity index (χ1n) is 9.05. The number of nitrogens with one attached hydrogen (secondary N) is 2. The molecule has 9 heteroatoms. The zero-order valence-corrected chi connectivity index (χ0v) is 18.1. The molecule has 2 aromatic rings.